The predicted molar refractivity (Wildman–Crippen MR) is 80.7 cm³/mol. The van der Waals surface area contributed by atoms with E-state index < -0.39 is 5.60 Å². The molecule has 6 nitrogen and oxygen atoms in total. The van der Waals surface area contributed by atoms with Crippen LogP contribution in [0.5, 0.6) is 5.75 Å². The van der Waals surface area contributed by atoms with E-state index in [9.17, 15) is 5.11 Å². The van der Waals surface area contributed by atoms with Gasteiger partial charge in [-0.3, -0.25) is 4.90 Å². The molecule has 0 radical (unpaired) electrons. The van der Waals surface area contributed by atoms with Crippen LogP contribution in [0.15, 0.2) is 24.4 Å². The SMILES string of the molecule is OC1(c2cn[nH]n2)CCN(CCc2ccc3c(c2)CCO3)C1. The van der Waals surface area contributed by atoms with E-state index in [0.717, 1.165) is 38.3 Å². The van der Waals surface area contributed by atoms with Gasteiger partial charge in [-0.25, -0.2) is 0 Å². The third-order valence-corrected chi connectivity index (χ3v) is 4.69. The van der Waals surface area contributed by atoms with Crippen molar-refractivity contribution < 1.29 is 9.84 Å². The first-order chi connectivity index (χ1) is 10.7. The number of nitrogens with one attached hydrogen (secondary N) is 1. The molecule has 22 heavy (non-hydrogen) atoms. The lowest BCUT2D eigenvalue weighted by molar-refractivity contribution is 0.0418. The molecule has 3 heterocycles. The minimum atomic E-state index is -0.862. The molecular weight excluding hydrogens is 280 g/mol. The number of benzene rings is 1. The van der Waals surface area contributed by atoms with Crippen LogP contribution in [0.25, 0.3) is 0 Å². The van der Waals surface area contributed by atoms with Crippen molar-refractivity contribution in [3.05, 3.63) is 41.2 Å². The summed E-state index contributed by atoms with van der Waals surface area (Å²) in [5.74, 6) is 1.03. The first-order valence-electron chi connectivity index (χ1n) is 7.79. The van der Waals surface area contributed by atoms with Gasteiger partial charge in [0.05, 0.1) is 12.8 Å². The van der Waals surface area contributed by atoms with Crippen molar-refractivity contribution in [3.63, 3.8) is 0 Å². The number of ether oxygens (including phenoxy) is 1. The van der Waals surface area contributed by atoms with Crippen molar-refractivity contribution >= 4 is 0 Å². The van der Waals surface area contributed by atoms with E-state index in [2.05, 4.69) is 38.5 Å². The lowest BCUT2D eigenvalue weighted by Crippen LogP contribution is -2.32. The molecule has 2 N–H and O–H groups in total. The van der Waals surface area contributed by atoms with Gasteiger partial charge in [-0.2, -0.15) is 15.4 Å². The highest BCUT2D eigenvalue weighted by atomic mass is 16.5. The van der Waals surface area contributed by atoms with E-state index in [1.807, 2.05) is 0 Å². The number of aromatic amines is 1. The van der Waals surface area contributed by atoms with Crippen LogP contribution in [0, 0.1) is 0 Å². The van der Waals surface area contributed by atoms with Crippen LogP contribution in [0.3, 0.4) is 0 Å². The van der Waals surface area contributed by atoms with Gasteiger partial charge in [0, 0.05) is 26.1 Å². The number of H-pyrrole nitrogens is 1. The fourth-order valence-corrected chi connectivity index (χ4v) is 3.38. The second-order valence-corrected chi connectivity index (χ2v) is 6.20. The summed E-state index contributed by atoms with van der Waals surface area (Å²) >= 11 is 0. The van der Waals surface area contributed by atoms with Crippen LogP contribution >= 0.6 is 0 Å². The molecule has 0 bridgehead atoms. The highest BCUT2D eigenvalue weighted by molar-refractivity contribution is 5.39. The normalized spacial score (nSPS) is 24.4. The largest absolute Gasteiger partial charge is 0.493 e. The molecule has 4 rings (SSSR count). The van der Waals surface area contributed by atoms with Gasteiger partial charge < -0.3 is 9.84 Å². The molecule has 1 aromatic carbocycles. The minimum Gasteiger partial charge on any atom is -0.493 e. The quantitative estimate of drug-likeness (QED) is 0.876. The zero-order valence-corrected chi connectivity index (χ0v) is 12.5. The zero-order valence-electron chi connectivity index (χ0n) is 12.5. The Balaban J connectivity index is 1.37. The molecule has 1 unspecified atom stereocenters. The van der Waals surface area contributed by atoms with Gasteiger partial charge in [0.2, 0.25) is 0 Å². The highest BCUT2D eigenvalue weighted by Crippen LogP contribution is 2.30. The Kier molecular flexibility index (Phi) is 3.35. The summed E-state index contributed by atoms with van der Waals surface area (Å²) in [5, 5.41) is 21.1. The van der Waals surface area contributed by atoms with E-state index in [1.54, 1.807) is 6.20 Å². The van der Waals surface area contributed by atoms with Crippen molar-refractivity contribution in [3.8, 4) is 5.75 Å². The standard InChI is InChI=1S/C16H20N4O2/c21-16(15-10-17-19-18-15)5-7-20(11-16)6-3-12-1-2-14-13(9-12)4-8-22-14/h1-2,9-10,21H,3-8,11H2,(H,17,18,19). The number of fused-ring (bicyclic) bond motifs is 1. The Labute approximate surface area is 129 Å². The summed E-state index contributed by atoms with van der Waals surface area (Å²) in [4.78, 5) is 2.29. The molecule has 1 fully saturated rings. The Morgan fingerprint density at radius 2 is 2.36 bits per heavy atom. The summed E-state index contributed by atoms with van der Waals surface area (Å²) in [6.07, 6.45) is 4.32. The molecule has 6 heteroatoms. The van der Waals surface area contributed by atoms with Crippen molar-refractivity contribution in [2.24, 2.45) is 0 Å². The van der Waals surface area contributed by atoms with Gasteiger partial charge in [0.1, 0.15) is 17.0 Å². The number of aromatic nitrogens is 3. The smallest absolute Gasteiger partial charge is 0.124 e. The molecule has 1 saturated heterocycles. The topological polar surface area (TPSA) is 74.3 Å². The summed E-state index contributed by atoms with van der Waals surface area (Å²) in [5.41, 5.74) is 2.43. The van der Waals surface area contributed by atoms with Crippen LogP contribution in [0.1, 0.15) is 23.2 Å². The Bertz CT molecular complexity index is 658. The second-order valence-electron chi connectivity index (χ2n) is 6.20. The summed E-state index contributed by atoms with van der Waals surface area (Å²) in [6.45, 7) is 3.25. The lowest BCUT2D eigenvalue weighted by Gasteiger charge is -2.21. The first kappa shape index (κ1) is 13.7. The van der Waals surface area contributed by atoms with Crippen molar-refractivity contribution in [1.82, 2.24) is 20.3 Å². The number of β-amino-alcohol motifs (C(OH)–C–C–N with tert-alkyl or cyclic N) is 1. The van der Waals surface area contributed by atoms with Crippen LogP contribution in [0.2, 0.25) is 0 Å². The zero-order chi connectivity index (χ0) is 15.0. The second kappa shape index (κ2) is 5.37. The number of hydrogen-bond acceptors (Lipinski definition) is 5. The fraction of sp³-hybridized carbons (Fsp3) is 0.500. The molecule has 0 saturated carbocycles. The molecular formula is C16H20N4O2. The average Bonchev–Trinajstić information content (AvgIpc) is 3.25. The molecule has 2 aromatic rings. The van der Waals surface area contributed by atoms with Gasteiger partial charge in [-0.05, 0) is 30.0 Å². The van der Waals surface area contributed by atoms with Gasteiger partial charge in [-0.1, -0.05) is 12.1 Å². The maximum Gasteiger partial charge on any atom is 0.124 e. The molecule has 1 aromatic heterocycles. The Hall–Kier alpha value is -1.92. The number of aliphatic hydroxyl groups is 1. The van der Waals surface area contributed by atoms with E-state index in [4.69, 9.17) is 4.74 Å². The van der Waals surface area contributed by atoms with E-state index in [0.29, 0.717) is 18.7 Å². The number of likely N-dealkylation sites (tertiary alicyclic amines) is 1. The van der Waals surface area contributed by atoms with Gasteiger partial charge in [0.15, 0.2) is 0 Å². The van der Waals surface area contributed by atoms with Crippen LogP contribution in [-0.4, -0.2) is 51.7 Å². The molecule has 0 amide bonds. The summed E-state index contributed by atoms with van der Waals surface area (Å²) in [6, 6.07) is 6.47. The number of hydrogen-bond donors (Lipinski definition) is 2. The third-order valence-electron chi connectivity index (χ3n) is 4.69. The van der Waals surface area contributed by atoms with Crippen molar-refractivity contribution in [2.75, 3.05) is 26.2 Å². The van der Waals surface area contributed by atoms with Crippen molar-refractivity contribution in [1.29, 1.82) is 0 Å². The van der Waals surface area contributed by atoms with E-state index >= 15 is 0 Å². The monoisotopic (exact) mass is 300 g/mol. The third kappa shape index (κ3) is 2.48. The van der Waals surface area contributed by atoms with Gasteiger partial charge in [0.25, 0.3) is 0 Å². The number of nitrogens with zero attached hydrogens (tertiary/aromatic N) is 3. The van der Waals surface area contributed by atoms with Crippen LogP contribution in [0.4, 0.5) is 0 Å². The van der Waals surface area contributed by atoms with E-state index in [1.165, 1.54) is 11.1 Å². The maximum atomic E-state index is 10.7. The predicted octanol–water partition coefficient (Wildman–Crippen LogP) is 0.876. The van der Waals surface area contributed by atoms with Crippen molar-refractivity contribution in [2.45, 2.75) is 24.9 Å². The lowest BCUT2D eigenvalue weighted by atomic mass is 10.00. The Morgan fingerprint density at radius 3 is 3.23 bits per heavy atom. The van der Waals surface area contributed by atoms with E-state index in [-0.39, 0.29) is 0 Å². The molecule has 0 aliphatic carbocycles. The Morgan fingerprint density at radius 1 is 1.41 bits per heavy atom. The molecule has 2 aliphatic rings. The molecule has 2 aliphatic heterocycles. The highest BCUT2D eigenvalue weighted by Gasteiger charge is 2.39. The molecule has 1 atom stereocenters. The molecule has 0 spiro atoms. The van der Waals surface area contributed by atoms with Gasteiger partial charge in [-0.15, -0.1) is 0 Å². The summed E-state index contributed by atoms with van der Waals surface area (Å²) < 4.78 is 5.54. The average molecular weight is 300 g/mol. The van der Waals surface area contributed by atoms with Crippen LogP contribution in [-0.2, 0) is 18.4 Å². The fourth-order valence-electron chi connectivity index (χ4n) is 3.38. The molecule has 116 valence electrons. The van der Waals surface area contributed by atoms with Gasteiger partial charge >= 0.3 is 0 Å². The minimum absolute atomic E-state index is 0.619. The summed E-state index contributed by atoms with van der Waals surface area (Å²) in [7, 11) is 0. The van der Waals surface area contributed by atoms with Crippen LogP contribution < -0.4 is 4.74 Å². The maximum absolute atomic E-state index is 10.7. The number of rotatable bonds is 4. The first-order valence-corrected chi connectivity index (χ1v) is 7.79.